The molecule has 0 aromatic carbocycles. The summed E-state index contributed by atoms with van der Waals surface area (Å²) in [6.45, 7) is 5.50. The molecule has 0 bridgehead atoms. The molecule has 0 aliphatic carbocycles. The number of ether oxygens (including phenoxy) is 3. The van der Waals surface area contributed by atoms with E-state index in [1.54, 1.807) is 6.92 Å². The maximum Gasteiger partial charge on any atom is 0.316 e. The Morgan fingerprint density at radius 1 is 1.60 bits per heavy atom. The van der Waals surface area contributed by atoms with Gasteiger partial charge < -0.3 is 14.2 Å². The molecule has 0 spiro atoms. The first-order valence-electron chi connectivity index (χ1n) is 4.59. The first kappa shape index (κ1) is 11.9. The zero-order chi connectivity index (χ0) is 11.3. The Balaban J connectivity index is 2.49. The number of carbonyl (C=O) groups is 2. The van der Waals surface area contributed by atoms with E-state index in [0.717, 1.165) is 0 Å². The van der Waals surface area contributed by atoms with E-state index in [2.05, 4.69) is 6.58 Å². The van der Waals surface area contributed by atoms with Crippen LogP contribution in [0.4, 0.5) is 0 Å². The van der Waals surface area contributed by atoms with Crippen LogP contribution < -0.4 is 0 Å². The third-order valence-electron chi connectivity index (χ3n) is 2.07. The zero-order valence-corrected chi connectivity index (χ0v) is 8.60. The van der Waals surface area contributed by atoms with E-state index < -0.39 is 17.7 Å². The van der Waals surface area contributed by atoms with E-state index in [-0.39, 0.29) is 19.8 Å². The maximum atomic E-state index is 11.6. The van der Waals surface area contributed by atoms with Gasteiger partial charge >= 0.3 is 5.97 Å². The molecule has 1 fully saturated rings. The van der Waals surface area contributed by atoms with Gasteiger partial charge in [0.2, 0.25) is 6.29 Å². The van der Waals surface area contributed by atoms with Crippen LogP contribution in [0.15, 0.2) is 12.7 Å². The number of esters is 1. The first-order chi connectivity index (χ1) is 7.12. The summed E-state index contributed by atoms with van der Waals surface area (Å²) >= 11 is 0. The lowest BCUT2D eigenvalue weighted by Crippen LogP contribution is -2.46. The Hall–Kier alpha value is -1.20. The van der Waals surface area contributed by atoms with E-state index >= 15 is 0 Å². The molecule has 0 amide bonds. The van der Waals surface area contributed by atoms with Gasteiger partial charge in [0.15, 0.2) is 6.29 Å². The summed E-state index contributed by atoms with van der Waals surface area (Å²) in [5.41, 5.74) is -0.845. The lowest BCUT2D eigenvalue weighted by atomic mass is 9.92. The summed E-state index contributed by atoms with van der Waals surface area (Å²) in [5.74, 6) is -0.410. The molecule has 0 atom stereocenters. The minimum atomic E-state index is -0.870. The average molecular weight is 214 g/mol. The van der Waals surface area contributed by atoms with Crippen molar-refractivity contribution in [3.05, 3.63) is 12.7 Å². The lowest BCUT2D eigenvalue weighted by Gasteiger charge is -2.33. The van der Waals surface area contributed by atoms with Crippen LogP contribution in [0, 0.1) is 5.41 Å². The highest BCUT2D eigenvalue weighted by molar-refractivity contribution is 5.77. The topological polar surface area (TPSA) is 61.8 Å². The molecule has 15 heavy (non-hydrogen) atoms. The van der Waals surface area contributed by atoms with Gasteiger partial charge in [-0.3, -0.25) is 9.59 Å². The summed E-state index contributed by atoms with van der Waals surface area (Å²) in [7, 11) is 0. The van der Waals surface area contributed by atoms with Crippen LogP contribution in [-0.4, -0.2) is 38.4 Å². The van der Waals surface area contributed by atoms with Gasteiger partial charge in [-0.05, 0) is 6.92 Å². The van der Waals surface area contributed by atoms with E-state index in [9.17, 15) is 9.59 Å². The largest absolute Gasteiger partial charge is 0.461 e. The highest BCUT2D eigenvalue weighted by Crippen LogP contribution is 2.25. The Labute approximate surface area is 88.0 Å². The van der Waals surface area contributed by atoms with E-state index in [4.69, 9.17) is 14.2 Å². The Kier molecular flexibility index (Phi) is 3.99. The third-order valence-corrected chi connectivity index (χ3v) is 2.07. The molecule has 84 valence electrons. The van der Waals surface area contributed by atoms with Gasteiger partial charge in [-0.25, -0.2) is 0 Å². The van der Waals surface area contributed by atoms with Crippen molar-refractivity contribution in [1.29, 1.82) is 0 Å². The monoisotopic (exact) mass is 214 g/mol. The van der Waals surface area contributed by atoms with Crippen molar-refractivity contribution in [1.82, 2.24) is 0 Å². The summed E-state index contributed by atoms with van der Waals surface area (Å²) in [5, 5.41) is 0. The van der Waals surface area contributed by atoms with Crippen molar-refractivity contribution in [2.45, 2.75) is 13.2 Å². The van der Waals surface area contributed by atoms with Crippen molar-refractivity contribution < 1.29 is 23.8 Å². The molecule has 5 heteroatoms. The van der Waals surface area contributed by atoms with Crippen LogP contribution >= 0.6 is 0 Å². The Bertz CT molecular complexity index is 253. The summed E-state index contributed by atoms with van der Waals surface area (Å²) in [6.07, 6.45) is 1.17. The van der Waals surface area contributed by atoms with E-state index in [1.165, 1.54) is 6.08 Å². The van der Waals surface area contributed by atoms with Gasteiger partial charge in [0.05, 0.1) is 13.2 Å². The van der Waals surface area contributed by atoms with E-state index in [0.29, 0.717) is 6.29 Å². The molecule has 0 radical (unpaired) electrons. The molecule has 1 aliphatic heterocycles. The second-order valence-corrected chi connectivity index (χ2v) is 3.57. The van der Waals surface area contributed by atoms with Crippen LogP contribution in [0.25, 0.3) is 0 Å². The van der Waals surface area contributed by atoms with Crippen molar-refractivity contribution in [2.24, 2.45) is 5.41 Å². The molecule has 0 aromatic heterocycles. The molecule has 5 nitrogen and oxygen atoms in total. The number of carbonyl (C=O) groups excluding carboxylic acids is 2. The molecule has 0 aromatic rings. The second kappa shape index (κ2) is 5.04. The predicted molar refractivity (Wildman–Crippen MR) is 51.0 cm³/mol. The van der Waals surface area contributed by atoms with Gasteiger partial charge in [-0.1, -0.05) is 12.7 Å². The van der Waals surface area contributed by atoms with E-state index in [1.807, 2.05) is 0 Å². The zero-order valence-electron chi connectivity index (χ0n) is 8.60. The van der Waals surface area contributed by atoms with Gasteiger partial charge in [-0.15, -0.1) is 0 Å². The molecule has 1 rings (SSSR count). The van der Waals surface area contributed by atoms with Crippen LogP contribution in [-0.2, 0) is 23.8 Å². The SMILES string of the molecule is C=CCOC(=O)C1(C)COC(C=O)OC1. The minimum absolute atomic E-state index is 0.117. The fraction of sp³-hybridized carbons (Fsp3) is 0.600. The molecule has 1 aliphatic rings. The standard InChI is InChI=1S/C10H14O5/c1-3-4-13-9(12)10(2)6-14-8(5-11)15-7-10/h3,5,8H,1,4,6-7H2,2H3. The van der Waals surface area contributed by atoms with Crippen LogP contribution in [0.1, 0.15) is 6.92 Å². The minimum Gasteiger partial charge on any atom is -0.461 e. The molecular weight excluding hydrogens is 200 g/mol. The normalized spacial score (nSPS) is 30.6. The smallest absolute Gasteiger partial charge is 0.316 e. The highest BCUT2D eigenvalue weighted by Gasteiger charge is 2.40. The Morgan fingerprint density at radius 2 is 2.20 bits per heavy atom. The summed E-state index contributed by atoms with van der Waals surface area (Å²) < 4.78 is 15.0. The van der Waals surface area contributed by atoms with Gasteiger partial charge in [0.1, 0.15) is 12.0 Å². The van der Waals surface area contributed by atoms with Crippen molar-refractivity contribution in [3.63, 3.8) is 0 Å². The molecule has 0 N–H and O–H groups in total. The molecule has 0 unspecified atom stereocenters. The molecule has 1 saturated heterocycles. The quantitative estimate of drug-likeness (QED) is 0.382. The number of aldehydes is 1. The number of hydrogen-bond donors (Lipinski definition) is 0. The Morgan fingerprint density at radius 3 is 2.67 bits per heavy atom. The highest BCUT2D eigenvalue weighted by atomic mass is 16.7. The number of rotatable bonds is 4. The summed E-state index contributed by atoms with van der Waals surface area (Å²) in [4.78, 5) is 21.9. The molecule has 0 saturated carbocycles. The van der Waals surface area contributed by atoms with Crippen molar-refractivity contribution in [3.8, 4) is 0 Å². The lowest BCUT2D eigenvalue weighted by molar-refractivity contribution is -0.221. The van der Waals surface area contributed by atoms with Gasteiger partial charge in [0, 0.05) is 0 Å². The molecule has 1 heterocycles. The van der Waals surface area contributed by atoms with Gasteiger partial charge in [-0.2, -0.15) is 0 Å². The fourth-order valence-corrected chi connectivity index (χ4v) is 1.13. The van der Waals surface area contributed by atoms with Crippen molar-refractivity contribution in [2.75, 3.05) is 19.8 Å². The van der Waals surface area contributed by atoms with Crippen LogP contribution in [0.5, 0.6) is 0 Å². The maximum absolute atomic E-state index is 11.6. The molecular formula is C10H14O5. The van der Waals surface area contributed by atoms with Crippen molar-refractivity contribution >= 4 is 12.3 Å². The predicted octanol–water partition coefficient (Wildman–Crippen LogP) is 0.294. The van der Waals surface area contributed by atoms with Gasteiger partial charge in [0.25, 0.3) is 0 Å². The van der Waals surface area contributed by atoms with Crippen LogP contribution in [0.3, 0.4) is 0 Å². The fourth-order valence-electron chi connectivity index (χ4n) is 1.13. The third kappa shape index (κ3) is 2.87. The summed E-state index contributed by atoms with van der Waals surface area (Å²) in [6, 6.07) is 0. The first-order valence-corrected chi connectivity index (χ1v) is 4.59. The number of hydrogen-bond acceptors (Lipinski definition) is 5. The second-order valence-electron chi connectivity index (χ2n) is 3.57. The average Bonchev–Trinajstić information content (AvgIpc) is 2.27. The van der Waals surface area contributed by atoms with Crippen LogP contribution in [0.2, 0.25) is 0 Å².